The van der Waals surface area contributed by atoms with Crippen LogP contribution in [0.15, 0.2) is 42.6 Å². The SMILES string of the molecule is Cc1cc(N(C)C(=O)C2CCC(=O)N(c3cccc(F)c3)C2)ccn1. The first-order valence-electron chi connectivity index (χ1n) is 8.22. The Kier molecular flexibility index (Phi) is 4.79. The molecule has 1 saturated heterocycles. The summed E-state index contributed by atoms with van der Waals surface area (Å²) >= 11 is 0. The second kappa shape index (κ2) is 7.01. The van der Waals surface area contributed by atoms with Gasteiger partial charge in [0.25, 0.3) is 0 Å². The van der Waals surface area contributed by atoms with E-state index in [0.717, 1.165) is 11.4 Å². The van der Waals surface area contributed by atoms with Crippen LogP contribution in [0, 0.1) is 18.7 Å². The topological polar surface area (TPSA) is 53.5 Å². The van der Waals surface area contributed by atoms with E-state index in [0.29, 0.717) is 12.1 Å². The smallest absolute Gasteiger partial charge is 0.231 e. The Morgan fingerprint density at radius 2 is 2.12 bits per heavy atom. The van der Waals surface area contributed by atoms with Crippen LogP contribution in [-0.2, 0) is 9.59 Å². The second-order valence-corrected chi connectivity index (χ2v) is 6.27. The monoisotopic (exact) mass is 341 g/mol. The fourth-order valence-corrected chi connectivity index (χ4v) is 3.08. The van der Waals surface area contributed by atoms with Crippen molar-refractivity contribution in [2.75, 3.05) is 23.4 Å². The molecule has 2 aromatic rings. The zero-order chi connectivity index (χ0) is 18.0. The van der Waals surface area contributed by atoms with E-state index in [-0.39, 0.29) is 30.7 Å². The average molecular weight is 341 g/mol. The molecule has 0 bridgehead atoms. The zero-order valence-corrected chi connectivity index (χ0v) is 14.3. The quantitative estimate of drug-likeness (QED) is 0.862. The number of piperidine rings is 1. The van der Waals surface area contributed by atoms with E-state index in [9.17, 15) is 14.0 Å². The first kappa shape index (κ1) is 17.1. The molecule has 130 valence electrons. The minimum atomic E-state index is -0.400. The van der Waals surface area contributed by atoms with Crippen LogP contribution in [0.2, 0.25) is 0 Å². The Balaban J connectivity index is 1.78. The van der Waals surface area contributed by atoms with Gasteiger partial charge in [-0.05, 0) is 43.7 Å². The maximum Gasteiger partial charge on any atom is 0.231 e. The van der Waals surface area contributed by atoms with Crippen LogP contribution in [0.5, 0.6) is 0 Å². The number of aromatic nitrogens is 1. The lowest BCUT2D eigenvalue weighted by atomic mass is 9.95. The standard InChI is InChI=1S/C19H20FN3O2/c1-13-10-16(8-9-21-13)22(2)19(25)14-6-7-18(24)23(12-14)17-5-3-4-15(20)11-17/h3-5,8-11,14H,6-7,12H2,1-2H3. The van der Waals surface area contributed by atoms with Crippen LogP contribution < -0.4 is 9.80 Å². The van der Waals surface area contributed by atoms with Gasteiger partial charge in [0.2, 0.25) is 11.8 Å². The van der Waals surface area contributed by atoms with E-state index in [1.54, 1.807) is 36.3 Å². The van der Waals surface area contributed by atoms with Crippen molar-refractivity contribution in [3.05, 3.63) is 54.1 Å². The lowest BCUT2D eigenvalue weighted by Gasteiger charge is -2.34. The van der Waals surface area contributed by atoms with Crippen molar-refractivity contribution in [2.45, 2.75) is 19.8 Å². The summed E-state index contributed by atoms with van der Waals surface area (Å²) in [5.41, 5.74) is 2.09. The van der Waals surface area contributed by atoms with Gasteiger partial charge in [0, 0.05) is 43.3 Å². The molecule has 6 heteroatoms. The molecular formula is C19H20FN3O2. The third-order valence-electron chi connectivity index (χ3n) is 4.48. The number of aryl methyl sites for hydroxylation is 1. The largest absolute Gasteiger partial charge is 0.315 e. The fourth-order valence-electron chi connectivity index (χ4n) is 3.08. The van der Waals surface area contributed by atoms with Crippen LogP contribution in [0.25, 0.3) is 0 Å². The second-order valence-electron chi connectivity index (χ2n) is 6.27. The Morgan fingerprint density at radius 3 is 2.84 bits per heavy atom. The van der Waals surface area contributed by atoms with Crippen molar-refractivity contribution in [3.63, 3.8) is 0 Å². The number of rotatable bonds is 3. The lowest BCUT2D eigenvalue weighted by Crippen LogP contribution is -2.46. The van der Waals surface area contributed by atoms with Gasteiger partial charge in [-0.2, -0.15) is 0 Å². The Bertz CT molecular complexity index is 809. The molecule has 0 aliphatic carbocycles. The Labute approximate surface area is 146 Å². The molecule has 25 heavy (non-hydrogen) atoms. The fraction of sp³-hybridized carbons (Fsp3) is 0.316. The molecule has 5 nitrogen and oxygen atoms in total. The van der Waals surface area contributed by atoms with Gasteiger partial charge in [-0.15, -0.1) is 0 Å². The number of hydrogen-bond donors (Lipinski definition) is 0. The van der Waals surface area contributed by atoms with Gasteiger partial charge in [-0.1, -0.05) is 6.07 Å². The lowest BCUT2D eigenvalue weighted by molar-refractivity contribution is -0.125. The molecule has 1 aromatic heterocycles. The predicted molar refractivity (Wildman–Crippen MR) is 93.9 cm³/mol. The minimum Gasteiger partial charge on any atom is -0.315 e. The molecule has 2 amide bonds. The molecule has 1 fully saturated rings. The number of pyridine rings is 1. The first-order chi connectivity index (χ1) is 12.0. The van der Waals surface area contributed by atoms with Crippen molar-refractivity contribution in [1.82, 2.24) is 4.98 Å². The van der Waals surface area contributed by atoms with Crippen molar-refractivity contribution in [1.29, 1.82) is 0 Å². The van der Waals surface area contributed by atoms with E-state index >= 15 is 0 Å². The zero-order valence-electron chi connectivity index (χ0n) is 14.3. The van der Waals surface area contributed by atoms with E-state index in [2.05, 4.69) is 4.98 Å². The van der Waals surface area contributed by atoms with Gasteiger partial charge in [-0.3, -0.25) is 14.6 Å². The predicted octanol–water partition coefficient (Wildman–Crippen LogP) is 2.94. The van der Waals surface area contributed by atoms with E-state index in [1.165, 1.54) is 17.0 Å². The van der Waals surface area contributed by atoms with Crippen LogP contribution in [0.1, 0.15) is 18.5 Å². The maximum absolute atomic E-state index is 13.5. The van der Waals surface area contributed by atoms with Crippen LogP contribution in [-0.4, -0.2) is 30.4 Å². The summed E-state index contributed by atoms with van der Waals surface area (Å²) in [4.78, 5) is 32.3. The highest BCUT2D eigenvalue weighted by molar-refractivity contribution is 5.99. The summed E-state index contributed by atoms with van der Waals surface area (Å²) in [6.07, 6.45) is 2.44. The molecule has 1 aliphatic rings. The normalized spacial score (nSPS) is 17.5. The van der Waals surface area contributed by atoms with Crippen LogP contribution in [0.4, 0.5) is 15.8 Å². The first-order valence-corrected chi connectivity index (χ1v) is 8.22. The number of benzene rings is 1. The number of amides is 2. The van der Waals surface area contributed by atoms with Crippen LogP contribution >= 0.6 is 0 Å². The molecule has 0 radical (unpaired) electrons. The van der Waals surface area contributed by atoms with Gasteiger partial charge in [0.05, 0.1) is 5.92 Å². The van der Waals surface area contributed by atoms with Crippen molar-refractivity contribution >= 4 is 23.2 Å². The molecule has 1 aliphatic heterocycles. The summed E-state index contributed by atoms with van der Waals surface area (Å²) in [6, 6.07) is 9.53. The number of halogens is 1. The summed E-state index contributed by atoms with van der Waals surface area (Å²) < 4.78 is 13.5. The summed E-state index contributed by atoms with van der Waals surface area (Å²) in [5.74, 6) is -0.862. The molecule has 1 unspecified atom stereocenters. The van der Waals surface area contributed by atoms with E-state index < -0.39 is 5.82 Å². The molecular weight excluding hydrogens is 321 g/mol. The maximum atomic E-state index is 13.5. The summed E-state index contributed by atoms with van der Waals surface area (Å²) in [5, 5.41) is 0. The third kappa shape index (κ3) is 3.68. The highest BCUT2D eigenvalue weighted by Crippen LogP contribution is 2.27. The molecule has 0 spiro atoms. The number of carbonyl (C=O) groups is 2. The number of carbonyl (C=O) groups excluding carboxylic acids is 2. The third-order valence-corrected chi connectivity index (χ3v) is 4.48. The Hall–Kier alpha value is -2.76. The molecule has 0 saturated carbocycles. The van der Waals surface area contributed by atoms with Gasteiger partial charge in [0.1, 0.15) is 5.82 Å². The van der Waals surface area contributed by atoms with Crippen molar-refractivity contribution < 1.29 is 14.0 Å². The van der Waals surface area contributed by atoms with Gasteiger partial charge >= 0.3 is 0 Å². The molecule has 1 aromatic carbocycles. The van der Waals surface area contributed by atoms with Gasteiger partial charge < -0.3 is 9.80 Å². The summed E-state index contributed by atoms with van der Waals surface area (Å²) in [6.45, 7) is 2.13. The molecule has 0 N–H and O–H groups in total. The molecule has 1 atom stereocenters. The minimum absolute atomic E-state index is 0.0560. The Morgan fingerprint density at radius 1 is 1.32 bits per heavy atom. The van der Waals surface area contributed by atoms with E-state index in [4.69, 9.17) is 0 Å². The number of anilines is 2. The molecule has 2 heterocycles. The van der Waals surface area contributed by atoms with Gasteiger partial charge in [0.15, 0.2) is 0 Å². The van der Waals surface area contributed by atoms with E-state index in [1.807, 2.05) is 13.0 Å². The highest BCUT2D eigenvalue weighted by atomic mass is 19.1. The average Bonchev–Trinajstić information content (AvgIpc) is 2.61. The van der Waals surface area contributed by atoms with Gasteiger partial charge in [-0.25, -0.2) is 4.39 Å². The number of nitrogens with zero attached hydrogens (tertiary/aromatic N) is 3. The van der Waals surface area contributed by atoms with Crippen LogP contribution in [0.3, 0.4) is 0 Å². The summed E-state index contributed by atoms with van der Waals surface area (Å²) in [7, 11) is 1.72. The van der Waals surface area contributed by atoms with Crippen molar-refractivity contribution in [2.24, 2.45) is 5.92 Å². The van der Waals surface area contributed by atoms with Crippen molar-refractivity contribution in [3.8, 4) is 0 Å². The molecule has 3 rings (SSSR count). The highest BCUT2D eigenvalue weighted by Gasteiger charge is 2.33. The number of hydrogen-bond acceptors (Lipinski definition) is 3.